The van der Waals surface area contributed by atoms with E-state index in [-0.39, 0.29) is 5.41 Å². The molecule has 0 heterocycles. The quantitative estimate of drug-likeness (QED) is 0.673. The molecule has 4 fully saturated rings. The minimum Gasteiger partial charge on any atom is -0.300 e. The fourth-order valence-electron chi connectivity index (χ4n) is 6.43. The first-order chi connectivity index (χ1) is 9.59. The molecule has 4 rings (SSSR count). The Morgan fingerprint density at radius 3 is 2.60 bits per heavy atom. The van der Waals surface area contributed by atoms with Crippen LogP contribution in [0.5, 0.6) is 0 Å². The maximum atomic E-state index is 12.3. The van der Waals surface area contributed by atoms with E-state index >= 15 is 0 Å². The molecule has 6 atom stereocenters. The molecule has 0 aromatic rings. The fraction of sp³-hybridized carbons (Fsp3) is 0.889. The van der Waals surface area contributed by atoms with Crippen molar-refractivity contribution in [3.05, 3.63) is 0 Å². The minimum absolute atomic E-state index is 0.0124. The molecule has 20 heavy (non-hydrogen) atoms. The molecule has 4 aliphatic carbocycles. The lowest BCUT2D eigenvalue weighted by molar-refractivity contribution is -0.134. The Labute approximate surface area is 121 Å². The van der Waals surface area contributed by atoms with Crippen LogP contribution in [-0.2, 0) is 9.59 Å². The summed E-state index contributed by atoms with van der Waals surface area (Å²) < 4.78 is 0. The van der Waals surface area contributed by atoms with Crippen LogP contribution in [-0.4, -0.2) is 11.6 Å². The molecule has 4 aliphatic rings. The zero-order chi connectivity index (χ0) is 13.9. The number of carbonyl (C=O) groups excluding carboxylic acids is 2. The summed E-state index contributed by atoms with van der Waals surface area (Å²) in [6.07, 6.45) is 9.70. The summed E-state index contributed by atoms with van der Waals surface area (Å²) in [5.41, 5.74) is 0.0124. The van der Waals surface area contributed by atoms with Gasteiger partial charge in [0.1, 0.15) is 11.6 Å². The number of hydrogen-bond donors (Lipinski definition) is 0. The fourth-order valence-corrected chi connectivity index (χ4v) is 6.43. The number of rotatable bonds is 0. The molecule has 0 bridgehead atoms. The first-order valence-corrected chi connectivity index (χ1v) is 8.64. The first-order valence-electron chi connectivity index (χ1n) is 8.64. The van der Waals surface area contributed by atoms with E-state index in [4.69, 9.17) is 0 Å². The van der Waals surface area contributed by atoms with Gasteiger partial charge in [-0.1, -0.05) is 6.92 Å². The average molecular weight is 274 g/mol. The van der Waals surface area contributed by atoms with E-state index in [0.717, 1.165) is 56.3 Å². The minimum atomic E-state index is 0.0124. The molecule has 2 heteroatoms. The van der Waals surface area contributed by atoms with Gasteiger partial charge in [0.05, 0.1) is 0 Å². The lowest BCUT2D eigenvalue weighted by atomic mass is 9.50. The van der Waals surface area contributed by atoms with Crippen molar-refractivity contribution in [1.29, 1.82) is 0 Å². The summed E-state index contributed by atoms with van der Waals surface area (Å²) in [7, 11) is 0. The van der Waals surface area contributed by atoms with Crippen molar-refractivity contribution < 1.29 is 9.59 Å². The van der Waals surface area contributed by atoms with Crippen molar-refractivity contribution in [2.75, 3.05) is 0 Å². The van der Waals surface area contributed by atoms with Gasteiger partial charge in [0.2, 0.25) is 0 Å². The highest BCUT2D eigenvalue weighted by Gasteiger charge is 2.56. The van der Waals surface area contributed by atoms with Gasteiger partial charge >= 0.3 is 0 Å². The maximum Gasteiger partial charge on any atom is 0.139 e. The van der Waals surface area contributed by atoms with Gasteiger partial charge in [-0.25, -0.2) is 0 Å². The van der Waals surface area contributed by atoms with Crippen molar-refractivity contribution in [2.24, 2.45) is 35.0 Å². The van der Waals surface area contributed by atoms with Crippen LogP contribution in [0.3, 0.4) is 0 Å². The molecule has 0 amide bonds. The van der Waals surface area contributed by atoms with Crippen LogP contribution in [0.1, 0.15) is 64.7 Å². The number of carbonyl (C=O) groups is 2. The number of Topliss-reactive ketones (excluding diaryl/α,β-unsaturated/α-hetero) is 2. The van der Waals surface area contributed by atoms with Gasteiger partial charge in [-0.3, -0.25) is 9.59 Å². The Kier molecular flexibility index (Phi) is 2.88. The molecule has 0 N–H and O–H groups in total. The van der Waals surface area contributed by atoms with Crippen LogP contribution in [0.2, 0.25) is 0 Å². The molecule has 0 saturated heterocycles. The van der Waals surface area contributed by atoms with E-state index in [9.17, 15) is 9.59 Å². The standard InChI is InChI=1S/C18H26O2/c1-18-9-8-14-13-5-3-12(19)10-11(13)2-4-15(14)16(18)6-7-17(18)20/h11,13-16H,2-10H2,1H3. The Morgan fingerprint density at radius 2 is 1.75 bits per heavy atom. The molecule has 0 aromatic carbocycles. The topological polar surface area (TPSA) is 34.1 Å². The number of ketones is 2. The van der Waals surface area contributed by atoms with E-state index in [1.165, 1.54) is 19.3 Å². The zero-order valence-electron chi connectivity index (χ0n) is 12.6. The van der Waals surface area contributed by atoms with Crippen molar-refractivity contribution >= 4 is 11.6 Å². The van der Waals surface area contributed by atoms with Gasteiger partial charge in [0.25, 0.3) is 0 Å². The largest absolute Gasteiger partial charge is 0.300 e. The van der Waals surface area contributed by atoms with E-state index in [1.54, 1.807) is 0 Å². The van der Waals surface area contributed by atoms with Gasteiger partial charge in [0.15, 0.2) is 0 Å². The predicted octanol–water partition coefficient (Wildman–Crippen LogP) is 3.78. The highest BCUT2D eigenvalue weighted by molar-refractivity contribution is 5.87. The molecule has 0 spiro atoms. The van der Waals surface area contributed by atoms with Crippen molar-refractivity contribution in [3.63, 3.8) is 0 Å². The van der Waals surface area contributed by atoms with E-state index in [2.05, 4.69) is 6.92 Å². The van der Waals surface area contributed by atoms with E-state index < -0.39 is 0 Å². The van der Waals surface area contributed by atoms with Gasteiger partial charge < -0.3 is 0 Å². The van der Waals surface area contributed by atoms with Crippen LogP contribution in [0.4, 0.5) is 0 Å². The van der Waals surface area contributed by atoms with Crippen LogP contribution < -0.4 is 0 Å². The molecule has 0 radical (unpaired) electrons. The lowest BCUT2D eigenvalue weighted by Crippen LogP contribution is -2.48. The normalized spacial score (nSPS) is 51.4. The Hall–Kier alpha value is -0.660. The molecular weight excluding hydrogens is 248 g/mol. The molecule has 4 saturated carbocycles. The van der Waals surface area contributed by atoms with Crippen molar-refractivity contribution in [3.8, 4) is 0 Å². The third kappa shape index (κ3) is 1.69. The molecule has 0 aliphatic heterocycles. The van der Waals surface area contributed by atoms with Crippen LogP contribution in [0.25, 0.3) is 0 Å². The smallest absolute Gasteiger partial charge is 0.139 e. The molecule has 0 aromatic heterocycles. The highest BCUT2D eigenvalue weighted by Crippen LogP contribution is 2.61. The van der Waals surface area contributed by atoms with E-state index in [0.29, 0.717) is 23.4 Å². The second kappa shape index (κ2) is 4.42. The summed E-state index contributed by atoms with van der Waals surface area (Å²) in [5, 5.41) is 0. The van der Waals surface area contributed by atoms with Gasteiger partial charge in [-0.05, 0) is 68.1 Å². The Morgan fingerprint density at radius 1 is 0.900 bits per heavy atom. The predicted molar refractivity (Wildman–Crippen MR) is 77.1 cm³/mol. The van der Waals surface area contributed by atoms with Gasteiger partial charge in [-0.15, -0.1) is 0 Å². The molecule has 2 nitrogen and oxygen atoms in total. The lowest BCUT2D eigenvalue weighted by Gasteiger charge is -2.53. The number of hydrogen-bond acceptors (Lipinski definition) is 2. The first kappa shape index (κ1) is 13.0. The maximum absolute atomic E-state index is 12.3. The highest BCUT2D eigenvalue weighted by atomic mass is 16.1. The van der Waals surface area contributed by atoms with Gasteiger partial charge in [0, 0.05) is 24.7 Å². The van der Waals surface area contributed by atoms with Crippen LogP contribution in [0, 0.1) is 35.0 Å². The summed E-state index contributed by atoms with van der Waals surface area (Å²) >= 11 is 0. The van der Waals surface area contributed by atoms with Crippen LogP contribution >= 0.6 is 0 Å². The number of fused-ring (bicyclic) bond motifs is 5. The third-order valence-electron chi connectivity index (χ3n) is 7.47. The Balaban J connectivity index is 1.59. The van der Waals surface area contributed by atoms with Crippen molar-refractivity contribution in [1.82, 2.24) is 0 Å². The molecule has 110 valence electrons. The summed E-state index contributed by atoms with van der Waals surface area (Å²) in [4.78, 5) is 24.0. The van der Waals surface area contributed by atoms with Crippen molar-refractivity contribution in [2.45, 2.75) is 64.7 Å². The third-order valence-corrected chi connectivity index (χ3v) is 7.47. The molecule has 6 unspecified atom stereocenters. The monoisotopic (exact) mass is 274 g/mol. The SMILES string of the molecule is CC12CCC3C4CCC(=O)CC4CCC3C1CCC2=O. The zero-order valence-corrected chi connectivity index (χ0v) is 12.6. The average Bonchev–Trinajstić information content (AvgIpc) is 2.74. The van der Waals surface area contributed by atoms with E-state index in [1.807, 2.05) is 0 Å². The summed E-state index contributed by atoms with van der Waals surface area (Å²) in [6.45, 7) is 2.25. The van der Waals surface area contributed by atoms with Crippen LogP contribution in [0.15, 0.2) is 0 Å². The second-order valence-electron chi connectivity index (χ2n) is 8.13. The van der Waals surface area contributed by atoms with Gasteiger partial charge in [-0.2, -0.15) is 0 Å². The Bertz CT molecular complexity index is 454. The second-order valence-corrected chi connectivity index (χ2v) is 8.13. The summed E-state index contributed by atoms with van der Waals surface area (Å²) in [6, 6.07) is 0. The summed E-state index contributed by atoms with van der Waals surface area (Å²) in [5.74, 6) is 4.79. The molecular formula is C18H26O2.